The van der Waals surface area contributed by atoms with Crippen LogP contribution in [0.5, 0.6) is 0 Å². The van der Waals surface area contributed by atoms with Crippen LogP contribution in [0.1, 0.15) is 59.3 Å². The van der Waals surface area contributed by atoms with Gasteiger partial charge in [-0.3, -0.25) is 14.5 Å². The van der Waals surface area contributed by atoms with E-state index in [2.05, 4.69) is 12.2 Å². The maximum absolute atomic E-state index is 11.7. The van der Waals surface area contributed by atoms with E-state index in [-0.39, 0.29) is 19.1 Å². The molecule has 0 spiro atoms. The Morgan fingerprint density at radius 1 is 1.14 bits per heavy atom. The number of rotatable bonds is 12. The Morgan fingerprint density at radius 2 is 1.76 bits per heavy atom. The molecule has 3 N–H and O–H groups in total. The quantitative estimate of drug-likeness (QED) is 0.376. The standard InChI is InChI=1S/C15H30N2O4/c1-4-5-6-7-8-9-14(19)16-11-17(10-12(2)18)13(3)15(20)21/h12-13,18H,4-11H2,1-3H3,(H,16,19)(H,20,21). The summed E-state index contributed by atoms with van der Waals surface area (Å²) < 4.78 is 0. The molecule has 21 heavy (non-hydrogen) atoms. The van der Waals surface area contributed by atoms with Crippen molar-refractivity contribution in [3.8, 4) is 0 Å². The molecular weight excluding hydrogens is 272 g/mol. The molecule has 2 unspecified atom stereocenters. The summed E-state index contributed by atoms with van der Waals surface area (Å²) in [6.45, 7) is 5.64. The van der Waals surface area contributed by atoms with Crippen LogP contribution in [-0.2, 0) is 9.59 Å². The molecule has 0 aliphatic heterocycles. The Bertz CT molecular complexity index is 308. The highest BCUT2D eigenvalue weighted by Gasteiger charge is 2.22. The number of aliphatic hydroxyl groups excluding tert-OH is 1. The third-order valence-corrected chi connectivity index (χ3v) is 3.39. The van der Waals surface area contributed by atoms with Gasteiger partial charge >= 0.3 is 5.97 Å². The van der Waals surface area contributed by atoms with Crippen molar-refractivity contribution in [2.75, 3.05) is 13.2 Å². The number of aliphatic carboxylic acids is 1. The maximum atomic E-state index is 11.7. The lowest BCUT2D eigenvalue weighted by atomic mass is 10.1. The minimum atomic E-state index is -0.968. The minimum Gasteiger partial charge on any atom is -0.480 e. The number of amides is 1. The summed E-state index contributed by atoms with van der Waals surface area (Å²) >= 11 is 0. The predicted molar refractivity (Wildman–Crippen MR) is 81.9 cm³/mol. The van der Waals surface area contributed by atoms with Crippen LogP contribution in [0, 0.1) is 0 Å². The van der Waals surface area contributed by atoms with Gasteiger partial charge in [0.2, 0.25) is 5.91 Å². The number of carboxylic acid groups (broad SMARTS) is 1. The lowest BCUT2D eigenvalue weighted by Gasteiger charge is -2.27. The first-order chi connectivity index (χ1) is 9.88. The smallest absolute Gasteiger partial charge is 0.320 e. The fourth-order valence-electron chi connectivity index (χ4n) is 2.02. The number of hydrogen-bond donors (Lipinski definition) is 3. The van der Waals surface area contributed by atoms with Gasteiger partial charge in [0.25, 0.3) is 0 Å². The molecule has 6 nitrogen and oxygen atoms in total. The van der Waals surface area contributed by atoms with Crippen LogP contribution in [0.3, 0.4) is 0 Å². The van der Waals surface area contributed by atoms with E-state index in [1.807, 2.05) is 0 Å². The highest BCUT2D eigenvalue weighted by atomic mass is 16.4. The molecule has 6 heteroatoms. The molecule has 0 bridgehead atoms. The summed E-state index contributed by atoms with van der Waals surface area (Å²) in [6, 6.07) is -0.746. The molecule has 0 aliphatic carbocycles. The first-order valence-corrected chi connectivity index (χ1v) is 7.80. The zero-order valence-corrected chi connectivity index (χ0v) is 13.5. The predicted octanol–water partition coefficient (Wildman–Crippen LogP) is 1.58. The number of aliphatic hydroxyl groups is 1. The van der Waals surface area contributed by atoms with Gasteiger partial charge in [-0.25, -0.2) is 0 Å². The highest BCUT2D eigenvalue weighted by Crippen LogP contribution is 2.05. The van der Waals surface area contributed by atoms with Crippen LogP contribution < -0.4 is 5.32 Å². The summed E-state index contributed by atoms with van der Waals surface area (Å²) in [4.78, 5) is 24.3. The second-order valence-corrected chi connectivity index (χ2v) is 5.56. The van der Waals surface area contributed by atoms with Crippen molar-refractivity contribution in [1.82, 2.24) is 10.2 Å². The second kappa shape index (κ2) is 11.5. The summed E-state index contributed by atoms with van der Waals surface area (Å²) in [7, 11) is 0. The normalized spacial score (nSPS) is 14.0. The molecule has 1 amide bonds. The van der Waals surface area contributed by atoms with Gasteiger partial charge in [0.1, 0.15) is 6.04 Å². The minimum absolute atomic E-state index is 0.0697. The number of nitrogens with zero attached hydrogens (tertiary/aromatic N) is 1. The van der Waals surface area contributed by atoms with E-state index < -0.39 is 18.1 Å². The van der Waals surface area contributed by atoms with Gasteiger partial charge in [0.05, 0.1) is 12.8 Å². The summed E-state index contributed by atoms with van der Waals surface area (Å²) in [6.07, 6.45) is 5.24. The average molecular weight is 302 g/mol. The zero-order chi connectivity index (χ0) is 16.3. The number of hydrogen-bond acceptors (Lipinski definition) is 4. The van der Waals surface area contributed by atoms with Gasteiger partial charge in [0.15, 0.2) is 0 Å². The molecule has 0 aromatic carbocycles. The number of carbonyl (C=O) groups is 2. The van der Waals surface area contributed by atoms with Gasteiger partial charge in [-0.2, -0.15) is 0 Å². The van der Waals surface area contributed by atoms with Gasteiger partial charge in [0, 0.05) is 13.0 Å². The summed E-state index contributed by atoms with van der Waals surface area (Å²) in [5.74, 6) is -1.04. The molecule has 0 radical (unpaired) electrons. The number of unbranched alkanes of at least 4 members (excludes halogenated alkanes) is 4. The fourth-order valence-corrected chi connectivity index (χ4v) is 2.02. The van der Waals surface area contributed by atoms with Crippen LogP contribution in [-0.4, -0.2) is 52.3 Å². The van der Waals surface area contributed by atoms with Crippen molar-refractivity contribution in [1.29, 1.82) is 0 Å². The fraction of sp³-hybridized carbons (Fsp3) is 0.867. The van der Waals surface area contributed by atoms with Gasteiger partial charge in [-0.1, -0.05) is 32.6 Å². The molecule has 0 aliphatic rings. The first-order valence-electron chi connectivity index (χ1n) is 7.80. The van der Waals surface area contributed by atoms with Crippen LogP contribution in [0.15, 0.2) is 0 Å². The summed E-state index contributed by atoms with van der Waals surface area (Å²) in [5, 5.41) is 21.1. The summed E-state index contributed by atoms with van der Waals surface area (Å²) in [5.41, 5.74) is 0. The Balaban J connectivity index is 4.04. The van der Waals surface area contributed by atoms with Gasteiger partial charge in [-0.15, -0.1) is 0 Å². The van der Waals surface area contributed by atoms with Gasteiger partial charge in [-0.05, 0) is 20.3 Å². The molecule has 0 aromatic rings. The molecule has 124 valence electrons. The van der Waals surface area contributed by atoms with E-state index in [0.717, 1.165) is 19.3 Å². The van der Waals surface area contributed by atoms with E-state index >= 15 is 0 Å². The molecule has 0 heterocycles. The van der Waals surface area contributed by atoms with E-state index in [1.54, 1.807) is 18.7 Å². The van der Waals surface area contributed by atoms with E-state index in [1.165, 1.54) is 12.8 Å². The van der Waals surface area contributed by atoms with Crippen LogP contribution in [0.2, 0.25) is 0 Å². The first kappa shape index (κ1) is 19.9. The molecule has 0 aromatic heterocycles. The van der Waals surface area contributed by atoms with Crippen molar-refractivity contribution in [2.45, 2.75) is 71.4 Å². The number of nitrogens with one attached hydrogen (secondary N) is 1. The van der Waals surface area contributed by atoms with Crippen LogP contribution >= 0.6 is 0 Å². The SMILES string of the molecule is CCCCCCCC(=O)NCN(CC(C)O)C(C)C(=O)O. The molecule has 0 fully saturated rings. The third kappa shape index (κ3) is 10.3. The Kier molecular flexibility index (Phi) is 10.9. The van der Waals surface area contributed by atoms with E-state index in [0.29, 0.717) is 6.42 Å². The Labute approximate surface area is 127 Å². The third-order valence-electron chi connectivity index (χ3n) is 3.39. The van der Waals surface area contributed by atoms with E-state index in [9.17, 15) is 14.7 Å². The molecule has 0 rings (SSSR count). The largest absolute Gasteiger partial charge is 0.480 e. The number of carbonyl (C=O) groups excluding carboxylic acids is 1. The van der Waals surface area contributed by atoms with E-state index in [4.69, 9.17) is 5.11 Å². The number of carboxylic acids is 1. The second-order valence-electron chi connectivity index (χ2n) is 5.56. The lowest BCUT2D eigenvalue weighted by molar-refractivity contribution is -0.143. The Hall–Kier alpha value is -1.14. The Morgan fingerprint density at radius 3 is 2.29 bits per heavy atom. The van der Waals surface area contributed by atoms with Crippen molar-refractivity contribution in [3.63, 3.8) is 0 Å². The molecular formula is C15H30N2O4. The molecule has 2 atom stereocenters. The lowest BCUT2D eigenvalue weighted by Crippen LogP contribution is -2.48. The maximum Gasteiger partial charge on any atom is 0.320 e. The zero-order valence-electron chi connectivity index (χ0n) is 13.5. The monoisotopic (exact) mass is 302 g/mol. The van der Waals surface area contributed by atoms with Gasteiger partial charge < -0.3 is 15.5 Å². The van der Waals surface area contributed by atoms with Crippen molar-refractivity contribution >= 4 is 11.9 Å². The molecule has 0 saturated heterocycles. The van der Waals surface area contributed by atoms with Crippen molar-refractivity contribution in [2.24, 2.45) is 0 Å². The van der Waals surface area contributed by atoms with Crippen molar-refractivity contribution in [3.05, 3.63) is 0 Å². The van der Waals surface area contributed by atoms with Crippen LogP contribution in [0.4, 0.5) is 0 Å². The topological polar surface area (TPSA) is 89.9 Å². The highest BCUT2D eigenvalue weighted by molar-refractivity contribution is 5.76. The van der Waals surface area contributed by atoms with Crippen LogP contribution in [0.25, 0.3) is 0 Å². The molecule has 0 saturated carbocycles. The average Bonchev–Trinajstić information content (AvgIpc) is 2.41. The van der Waals surface area contributed by atoms with Crippen molar-refractivity contribution < 1.29 is 19.8 Å².